The van der Waals surface area contributed by atoms with Gasteiger partial charge >= 0.3 is 0 Å². The molecule has 0 radical (unpaired) electrons. The van der Waals surface area contributed by atoms with Crippen LogP contribution in [0.4, 0.5) is 10.1 Å². The first-order valence-electron chi connectivity index (χ1n) is 9.50. The van der Waals surface area contributed by atoms with Gasteiger partial charge in [-0.1, -0.05) is 0 Å². The van der Waals surface area contributed by atoms with Crippen molar-refractivity contribution in [2.75, 3.05) is 5.01 Å². The Labute approximate surface area is 187 Å². The third-order valence-electron chi connectivity index (χ3n) is 4.62. The van der Waals surface area contributed by atoms with Crippen LogP contribution in [0.3, 0.4) is 0 Å². The number of hydrogen-bond acceptors (Lipinski definition) is 6. The van der Waals surface area contributed by atoms with E-state index in [9.17, 15) is 27.2 Å². The topological polar surface area (TPSA) is 126 Å². The van der Waals surface area contributed by atoms with Gasteiger partial charge in [-0.3, -0.25) is 19.8 Å². The predicted molar refractivity (Wildman–Crippen MR) is 115 cm³/mol. The van der Waals surface area contributed by atoms with E-state index in [-0.39, 0.29) is 16.2 Å². The summed E-state index contributed by atoms with van der Waals surface area (Å²) in [5.74, 6) is -1.86. The van der Waals surface area contributed by atoms with Gasteiger partial charge in [0.15, 0.2) is 0 Å². The molecule has 2 N–H and O–H groups in total. The zero-order chi connectivity index (χ0) is 23.8. The fourth-order valence-electron chi connectivity index (χ4n) is 3.10. The first-order valence-corrected chi connectivity index (χ1v) is 11.0. The molecule has 9 nitrogen and oxygen atoms in total. The van der Waals surface area contributed by atoms with E-state index in [0.717, 1.165) is 11.9 Å². The molecule has 0 aliphatic carbocycles. The molecule has 11 heteroatoms. The summed E-state index contributed by atoms with van der Waals surface area (Å²) in [5, 5.41) is 1.01. The highest BCUT2D eigenvalue weighted by Gasteiger charge is 2.34. The number of halogens is 1. The number of benzene rings is 2. The Morgan fingerprint density at radius 1 is 1.03 bits per heavy atom. The normalized spacial score (nSPS) is 15.1. The summed E-state index contributed by atoms with van der Waals surface area (Å²) in [5.41, 5.74) is 3.08. The third-order valence-corrected chi connectivity index (χ3v) is 6.07. The molecule has 2 heterocycles. The first kappa shape index (κ1) is 22.0. The maximum atomic E-state index is 13.1. The minimum absolute atomic E-state index is 0.0931. The highest BCUT2D eigenvalue weighted by molar-refractivity contribution is 7.90. The SMILES string of the molecule is CC(=O)NS(=O)(=O)c1ccc(-c2ccc(/C=C3/C(=O)NN(c4ccc(F)cc4)C3=O)o2)cc1. The monoisotopic (exact) mass is 469 g/mol. The average molecular weight is 469 g/mol. The Balaban J connectivity index is 1.55. The standard InChI is InChI=1S/C22H16FN3O6S/c1-13(27)25-33(30,31)18-9-2-14(3-10-18)20-11-8-17(32-20)12-19-21(28)24-26(22(19)29)16-6-4-15(23)5-7-16/h2-12H,1H3,(H,24,28)(H,25,27)/b19-12-. The Morgan fingerprint density at radius 2 is 1.70 bits per heavy atom. The Morgan fingerprint density at radius 3 is 2.33 bits per heavy atom. The summed E-state index contributed by atoms with van der Waals surface area (Å²) in [6.45, 7) is 1.10. The molecular weight excluding hydrogens is 453 g/mol. The molecule has 0 atom stereocenters. The number of rotatable bonds is 5. The largest absolute Gasteiger partial charge is 0.457 e. The van der Waals surface area contributed by atoms with Gasteiger partial charge in [0.2, 0.25) is 5.91 Å². The van der Waals surface area contributed by atoms with E-state index >= 15 is 0 Å². The highest BCUT2D eigenvalue weighted by atomic mass is 32.2. The van der Waals surface area contributed by atoms with Crippen LogP contribution in [0.2, 0.25) is 0 Å². The Hall–Kier alpha value is -4.25. The lowest BCUT2D eigenvalue weighted by atomic mass is 10.2. The lowest BCUT2D eigenvalue weighted by Gasteiger charge is -2.14. The lowest BCUT2D eigenvalue weighted by Crippen LogP contribution is -2.35. The highest BCUT2D eigenvalue weighted by Crippen LogP contribution is 2.26. The van der Waals surface area contributed by atoms with Crippen LogP contribution in [-0.2, 0) is 24.4 Å². The maximum Gasteiger partial charge on any atom is 0.282 e. The second kappa shape index (κ2) is 8.36. The molecule has 4 rings (SSSR count). The van der Waals surface area contributed by atoms with Gasteiger partial charge in [0.25, 0.3) is 21.8 Å². The van der Waals surface area contributed by atoms with E-state index in [1.165, 1.54) is 54.6 Å². The van der Waals surface area contributed by atoms with Crippen LogP contribution < -0.4 is 15.2 Å². The van der Waals surface area contributed by atoms with Crippen molar-refractivity contribution < 1.29 is 31.6 Å². The molecule has 0 saturated carbocycles. The minimum Gasteiger partial charge on any atom is -0.457 e. The van der Waals surface area contributed by atoms with Gasteiger partial charge in [0.05, 0.1) is 10.6 Å². The fraction of sp³-hybridized carbons (Fsp3) is 0.0455. The van der Waals surface area contributed by atoms with Crippen LogP contribution in [-0.4, -0.2) is 26.1 Å². The minimum atomic E-state index is -3.96. The molecule has 1 aliphatic heterocycles. The van der Waals surface area contributed by atoms with Gasteiger partial charge < -0.3 is 4.42 Å². The lowest BCUT2D eigenvalue weighted by molar-refractivity contribution is -0.118. The summed E-state index contributed by atoms with van der Waals surface area (Å²) < 4.78 is 44.8. The van der Waals surface area contributed by atoms with Gasteiger partial charge in [-0.05, 0) is 66.7 Å². The van der Waals surface area contributed by atoms with Crippen molar-refractivity contribution in [1.29, 1.82) is 0 Å². The van der Waals surface area contributed by atoms with Crippen LogP contribution in [0.1, 0.15) is 12.7 Å². The van der Waals surface area contributed by atoms with Crippen molar-refractivity contribution in [3.8, 4) is 11.3 Å². The second-order valence-corrected chi connectivity index (χ2v) is 8.69. The molecule has 0 spiro atoms. The quantitative estimate of drug-likeness (QED) is 0.437. The number of nitrogens with one attached hydrogen (secondary N) is 2. The second-order valence-electron chi connectivity index (χ2n) is 7.00. The molecule has 0 unspecified atom stereocenters. The van der Waals surface area contributed by atoms with E-state index < -0.39 is 33.6 Å². The Kier molecular flexibility index (Phi) is 5.56. The molecule has 1 saturated heterocycles. The van der Waals surface area contributed by atoms with Gasteiger partial charge in [-0.2, -0.15) is 0 Å². The molecule has 3 amide bonds. The number of carbonyl (C=O) groups excluding carboxylic acids is 3. The number of amides is 3. The Bertz CT molecular complexity index is 1390. The van der Waals surface area contributed by atoms with Crippen LogP contribution >= 0.6 is 0 Å². The summed E-state index contributed by atoms with van der Waals surface area (Å²) in [7, 11) is -3.96. The number of sulfonamides is 1. The van der Waals surface area contributed by atoms with Gasteiger partial charge in [-0.15, -0.1) is 0 Å². The van der Waals surface area contributed by atoms with Crippen LogP contribution in [0.25, 0.3) is 17.4 Å². The number of furan rings is 1. The van der Waals surface area contributed by atoms with Crippen molar-refractivity contribution in [2.24, 2.45) is 0 Å². The summed E-state index contributed by atoms with van der Waals surface area (Å²) in [6.07, 6.45) is 1.28. The zero-order valence-corrected chi connectivity index (χ0v) is 17.9. The van der Waals surface area contributed by atoms with Crippen LogP contribution in [0.5, 0.6) is 0 Å². The van der Waals surface area contributed by atoms with E-state index in [1.54, 1.807) is 12.1 Å². The number of nitrogens with zero attached hydrogens (tertiary/aromatic N) is 1. The van der Waals surface area contributed by atoms with Gasteiger partial charge in [0.1, 0.15) is 22.9 Å². The van der Waals surface area contributed by atoms with E-state index in [2.05, 4.69) is 5.43 Å². The van der Waals surface area contributed by atoms with Crippen molar-refractivity contribution in [3.05, 3.63) is 77.8 Å². The van der Waals surface area contributed by atoms with Crippen LogP contribution in [0.15, 0.2) is 75.5 Å². The molecule has 1 fully saturated rings. The summed E-state index contributed by atoms with van der Waals surface area (Å²) in [6, 6.07) is 13.8. The van der Waals surface area contributed by atoms with Crippen molar-refractivity contribution in [3.63, 3.8) is 0 Å². The van der Waals surface area contributed by atoms with Crippen molar-refractivity contribution >= 4 is 39.5 Å². The predicted octanol–water partition coefficient (Wildman–Crippen LogP) is 2.37. The molecule has 2 aromatic carbocycles. The van der Waals surface area contributed by atoms with Crippen molar-refractivity contribution in [2.45, 2.75) is 11.8 Å². The smallest absolute Gasteiger partial charge is 0.282 e. The molecule has 0 bridgehead atoms. The number of carbonyl (C=O) groups is 3. The first-order chi connectivity index (χ1) is 15.6. The molecular formula is C22H16FN3O6S. The molecule has 33 heavy (non-hydrogen) atoms. The van der Waals surface area contributed by atoms with Crippen LogP contribution in [0, 0.1) is 5.82 Å². The third kappa shape index (κ3) is 4.53. The summed E-state index contributed by atoms with van der Waals surface area (Å²) >= 11 is 0. The summed E-state index contributed by atoms with van der Waals surface area (Å²) in [4.78, 5) is 35.9. The number of hydrogen-bond donors (Lipinski definition) is 2. The molecule has 1 aromatic heterocycles. The molecule has 168 valence electrons. The fourth-order valence-corrected chi connectivity index (χ4v) is 4.09. The number of anilines is 1. The van der Waals surface area contributed by atoms with E-state index in [4.69, 9.17) is 4.42 Å². The van der Waals surface area contributed by atoms with E-state index in [1.807, 2.05) is 4.72 Å². The molecule has 1 aliphatic rings. The van der Waals surface area contributed by atoms with E-state index in [0.29, 0.717) is 17.0 Å². The van der Waals surface area contributed by atoms with Gasteiger partial charge in [-0.25, -0.2) is 22.5 Å². The van der Waals surface area contributed by atoms with Crippen molar-refractivity contribution in [1.82, 2.24) is 10.1 Å². The molecule has 3 aromatic rings. The maximum absolute atomic E-state index is 13.1. The number of hydrazine groups is 1. The van der Waals surface area contributed by atoms with Gasteiger partial charge in [0, 0.05) is 12.5 Å². The zero-order valence-electron chi connectivity index (χ0n) is 17.0. The average Bonchev–Trinajstić information content (AvgIpc) is 3.34.